The Kier molecular flexibility index (Phi) is 18.7. The molecule has 9 heterocycles. The Morgan fingerprint density at radius 3 is 0.839 bits per heavy atom. The van der Waals surface area contributed by atoms with E-state index >= 15 is 0 Å². The highest BCUT2D eigenvalue weighted by molar-refractivity contribution is 6.30. The summed E-state index contributed by atoms with van der Waals surface area (Å²) >= 11 is 0. The van der Waals surface area contributed by atoms with Crippen molar-refractivity contribution in [3.05, 3.63) is 504 Å². The largest absolute Gasteiger partial charge is 0.292 e. The van der Waals surface area contributed by atoms with E-state index < -0.39 is 0 Å². The van der Waals surface area contributed by atoms with E-state index in [4.69, 9.17) is 29.9 Å². The molecule has 0 saturated heterocycles. The highest BCUT2D eigenvalue weighted by Gasteiger charge is 2.27. The number of nitrogens with zero attached hydrogens (tertiary/aromatic N) is 9. The predicted molar refractivity (Wildman–Crippen MR) is 627 cm³/mol. The number of benzene rings is 24. The summed E-state index contributed by atoms with van der Waals surface area (Å²) in [6.45, 7) is 0. The number of aromatic nitrogens is 9. The molecule has 24 aromatic carbocycles. The minimum atomic E-state index is 0.935. The average molecular weight is 1890 g/mol. The molecule has 688 valence electrons. The Labute approximate surface area is 852 Å². The molecule has 33 aromatic rings. The third kappa shape index (κ3) is 13.2. The van der Waals surface area contributed by atoms with Crippen molar-refractivity contribution < 1.29 is 0 Å². The molecule has 149 heavy (non-hydrogen) atoms. The molecule has 0 aliphatic carbocycles. The minimum Gasteiger partial charge on any atom is -0.292 e. The van der Waals surface area contributed by atoms with Crippen LogP contribution in [0.1, 0.15) is 0 Å². The van der Waals surface area contributed by atoms with Crippen LogP contribution in [-0.2, 0) is 0 Å². The maximum atomic E-state index is 5.21. The minimum absolute atomic E-state index is 0.935. The summed E-state index contributed by atoms with van der Waals surface area (Å²) in [6.07, 6.45) is 5.65. The molecule has 33 rings (SSSR count). The SMILES string of the molecule is c1cc(-c2ccc3ccccc3c2)cc(-c2ccc3c(c2)c2ccc4cccnc4c2c2nc4ccccc4n32)c1.c1ccc2c(-c3c4ccccc4c(-c4ccc5c(c4)c4ccc6cccnc6c4c4nc6ccccc6n54)c4ccccc34)cccc2c1.c1ccc2cc(-c3c4ccccc4c(-c4ccc5ccccc5c4)c4cc(-c5ccc6c(c5)c5ccc7cccnc7c5c5nc7ccccc7n65)ccc34)ccc2c1. The lowest BCUT2D eigenvalue weighted by Gasteiger charge is -2.19. The van der Waals surface area contributed by atoms with Crippen molar-refractivity contribution in [2.24, 2.45) is 0 Å². The maximum Gasteiger partial charge on any atom is 0.148 e. The second kappa shape index (κ2) is 33.3. The predicted octanol–water partition coefficient (Wildman–Crippen LogP) is 36.9. The van der Waals surface area contributed by atoms with Gasteiger partial charge in [0.15, 0.2) is 0 Å². The Balaban J connectivity index is 0.000000103. The third-order valence-corrected chi connectivity index (χ3v) is 31.3. The van der Waals surface area contributed by atoms with Gasteiger partial charge in [0.05, 0.1) is 82.4 Å². The maximum absolute atomic E-state index is 5.21. The van der Waals surface area contributed by atoms with Crippen LogP contribution in [0.4, 0.5) is 0 Å². The van der Waals surface area contributed by atoms with Gasteiger partial charge < -0.3 is 0 Å². The summed E-state index contributed by atoms with van der Waals surface area (Å²) in [4.78, 5) is 30.2. The van der Waals surface area contributed by atoms with Crippen molar-refractivity contribution in [1.82, 2.24) is 43.1 Å². The van der Waals surface area contributed by atoms with E-state index in [-0.39, 0.29) is 0 Å². The number of fused-ring (bicyclic) bond motifs is 38. The van der Waals surface area contributed by atoms with Gasteiger partial charge in [-0.25, -0.2) is 15.0 Å². The van der Waals surface area contributed by atoms with Gasteiger partial charge in [0.2, 0.25) is 0 Å². The van der Waals surface area contributed by atoms with Crippen LogP contribution in [0.25, 0.3) is 312 Å². The molecule has 9 aromatic heterocycles. The zero-order chi connectivity index (χ0) is 97.6. The molecular formula is C140H83N9. The Bertz CT molecular complexity index is 11500. The van der Waals surface area contributed by atoms with Gasteiger partial charge in [-0.2, -0.15) is 0 Å². The molecule has 0 aliphatic heterocycles. The van der Waals surface area contributed by atoms with Gasteiger partial charge in [0, 0.05) is 50.9 Å². The summed E-state index contributed by atoms with van der Waals surface area (Å²) in [5.74, 6) is 0. The van der Waals surface area contributed by atoms with Crippen molar-refractivity contribution in [1.29, 1.82) is 0 Å². The molecule has 0 fully saturated rings. The van der Waals surface area contributed by atoms with Crippen LogP contribution in [0, 0.1) is 0 Å². The van der Waals surface area contributed by atoms with Gasteiger partial charge in [0.25, 0.3) is 0 Å². The molecule has 0 spiro atoms. The van der Waals surface area contributed by atoms with E-state index in [0.717, 1.165) is 132 Å². The molecule has 0 unspecified atom stereocenters. The Morgan fingerprint density at radius 1 is 0.141 bits per heavy atom. The molecule has 0 saturated carbocycles. The van der Waals surface area contributed by atoms with E-state index in [1.165, 1.54) is 180 Å². The summed E-state index contributed by atoms with van der Waals surface area (Å²) < 4.78 is 6.95. The van der Waals surface area contributed by atoms with Crippen LogP contribution in [0.15, 0.2) is 504 Å². The number of para-hydroxylation sites is 6. The van der Waals surface area contributed by atoms with Crippen molar-refractivity contribution in [2.75, 3.05) is 0 Å². The number of hydrogen-bond donors (Lipinski definition) is 0. The molecule has 0 aliphatic rings. The van der Waals surface area contributed by atoms with Crippen molar-refractivity contribution in [2.45, 2.75) is 0 Å². The zero-order valence-corrected chi connectivity index (χ0v) is 80.4. The molecule has 0 atom stereocenters. The van der Waals surface area contributed by atoms with Crippen LogP contribution in [-0.4, -0.2) is 43.1 Å². The van der Waals surface area contributed by atoms with E-state index in [1.54, 1.807) is 0 Å². The summed E-state index contributed by atoms with van der Waals surface area (Å²) in [5.41, 5.74) is 32.5. The lowest BCUT2D eigenvalue weighted by atomic mass is 9.84. The van der Waals surface area contributed by atoms with Crippen molar-refractivity contribution >= 4 is 234 Å². The topological polar surface area (TPSA) is 90.6 Å². The van der Waals surface area contributed by atoms with Gasteiger partial charge in [-0.15, -0.1) is 0 Å². The molecular weight excluding hydrogens is 1810 g/mol. The quantitative estimate of drug-likeness (QED) is 0.117. The highest BCUT2D eigenvalue weighted by Crippen LogP contribution is 2.52. The summed E-state index contributed by atoms with van der Waals surface area (Å²) in [5, 5.41) is 33.6. The first-order valence-corrected chi connectivity index (χ1v) is 50.9. The molecule has 9 nitrogen and oxygen atoms in total. The van der Waals surface area contributed by atoms with E-state index in [9.17, 15) is 0 Å². The van der Waals surface area contributed by atoms with Gasteiger partial charge >= 0.3 is 0 Å². The first-order valence-electron chi connectivity index (χ1n) is 50.9. The fraction of sp³-hybridized carbons (Fsp3) is 0. The van der Waals surface area contributed by atoms with Gasteiger partial charge in [-0.3, -0.25) is 28.2 Å². The van der Waals surface area contributed by atoms with Gasteiger partial charge in [0.1, 0.15) is 16.9 Å². The molecule has 0 N–H and O–H groups in total. The fourth-order valence-corrected chi connectivity index (χ4v) is 24.5. The number of pyridine rings is 6. The Morgan fingerprint density at radius 2 is 0.409 bits per heavy atom. The summed E-state index contributed by atoms with van der Waals surface area (Å²) in [7, 11) is 0. The zero-order valence-electron chi connectivity index (χ0n) is 80.4. The lowest BCUT2D eigenvalue weighted by Crippen LogP contribution is -1.95. The summed E-state index contributed by atoms with van der Waals surface area (Å²) in [6, 6.07) is 176. The average Bonchev–Trinajstić information content (AvgIpc) is 1.66. The standard InChI is InChI=1S/C56H33N3.C46H27N3.C38H23N3/c1-3-12-37-30-41(21-19-34(37)10-1)52-43-15-5-6-16-44(43)53(42-22-20-35-11-2-4-13-38(35)31-42)48-33-39(24-27-46(48)52)40-25-28-50-47(32-40)45-26-23-36-14-9-29-57-55(36)54(45)56-58-49-17-7-8-18-51(49)59(50)56;1-2-14-31-28(11-1)12-9-19-32(31)43-35-17-5-3-15-33(35)42(34-16-4-6-18-36(34)43)30-23-25-40-38(27-30)37-24-22-29-13-10-26-47-45(29)44(37)46-48-39-20-7-8-21-41(39)49(40)46;1-2-8-26-21-29(15-14-24(26)7-1)27-9-5-10-28(22-27)30-17-19-34-32(23-30)31-18-16-25-11-6-20-39-37(25)36(31)38-40-33-12-3-4-13-35(33)41(34)38/h1-33H;1-27H;1-23H. The number of hydrogen-bond acceptors (Lipinski definition) is 6. The van der Waals surface area contributed by atoms with Crippen LogP contribution >= 0.6 is 0 Å². The third-order valence-electron chi connectivity index (χ3n) is 31.3. The van der Waals surface area contributed by atoms with Crippen molar-refractivity contribution in [3.8, 4) is 77.9 Å². The van der Waals surface area contributed by atoms with Gasteiger partial charge in [-0.05, 0) is 302 Å². The van der Waals surface area contributed by atoms with E-state index in [1.807, 2.05) is 36.8 Å². The van der Waals surface area contributed by atoms with Crippen LogP contribution in [0.3, 0.4) is 0 Å². The van der Waals surface area contributed by atoms with Crippen LogP contribution in [0.5, 0.6) is 0 Å². The smallest absolute Gasteiger partial charge is 0.148 e. The van der Waals surface area contributed by atoms with E-state index in [2.05, 4.69) is 480 Å². The molecule has 0 bridgehead atoms. The van der Waals surface area contributed by atoms with E-state index in [0.29, 0.717) is 0 Å². The van der Waals surface area contributed by atoms with Crippen LogP contribution < -0.4 is 0 Å². The normalized spacial score (nSPS) is 12.0. The monoisotopic (exact) mass is 1890 g/mol. The highest BCUT2D eigenvalue weighted by atomic mass is 15.0. The van der Waals surface area contributed by atoms with Gasteiger partial charge in [-0.1, -0.05) is 364 Å². The number of imidazole rings is 3. The van der Waals surface area contributed by atoms with Crippen molar-refractivity contribution in [3.63, 3.8) is 0 Å². The molecule has 9 heteroatoms. The molecule has 0 radical (unpaired) electrons. The lowest BCUT2D eigenvalue weighted by molar-refractivity contribution is 1.31. The van der Waals surface area contributed by atoms with Crippen LogP contribution in [0.2, 0.25) is 0 Å². The first-order chi connectivity index (χ1) is 73.9. The Hall–Kier alpha value is -20.0. The molecule has 0 amide bonds. The first kappa shape index (κ1) is 83.6. The fourth-order valence-electron chi connectivity index (χ4n) is 24.5. The number of rotatable bonds is 7. The second-order valence-electron chi connectivity index (χ2n) is 39.4. The second-order valence-corrected chi connectivity index (χ2v) is 39.4.